The summed E-state index contributed by atoms with van der Waals surface area (Å²) < 4.78 is 0. The van der Waals surface area contributed by atoms with Crippen LogP contribution >= 0.6 is 47.5 Å². The van der Waals surface area contributed by atoms with E-state index in [1.165, 1.54) is 0 Å². The molecular weight excluding hydrogens is 444 g/mol. The first kappa shape index (κ1) is 24.6. The van der Waals surface area contributed by atoms with E-state index in [9.17, 15) is 0 Å². The van der Waals surface area contributed by atoms with Gasteiger partial charge in [-0.15, -0.1) is 0 Å². The molecule has 0 radical (unpaired) electrons. The van der Waals surface area contributed by atoms with E-state index in [0.29, 0.717) is 16.0 Å². The molecule has 0 N–H and O–H groups in total. The summed E-state index contributed by atoms with van der Waals surface area (Å²) in [5, 5.41) is 0.787. The van der Waals surface area contributed by atoms with Crippen molar-refractivity contribution in [2.24, 2.45) is 0 Å². The summed E-state index contributed by atoms with van der Waals surface area (Å²) in [5.41, 5.74) is 2.40. The second-order valence-electron chi connectivity index (χ2n) is 9.80. The molecule has 1 aliphatic carbocycles. The van der Waals surface area contributed by atoms with Crippen molar-refractivity contribution in [2.45, 2.75) is 77.2 Å². The summed E-state index contributed by atoms with van der Waals surface area (Å²) in [6.07, 6.45) is 9.43. The third-order valence-electron chi connectivity index (χ3n) is 4.87. The molecule has 0 bridgehead atoms. The molecule has 0 aromatic heterocycles. The molecule has 2 aliphatic rings. The van der Waals surface area contributed by atoms with Gasteiger partial charge in [0.05, 0.1) is 22.5 Å². The minimum Gasteiger partial charge on any atom is -0.391 e. The highest BCUT2D eigenvalue weighted by molar-refractivity contribution is 7.87. The summed E-state index contributed by atoms with van der Waals surface area (Å²) in [4.78, 5) is 1.93. The second-order valence-corrected chi connectivity index (χ2v) is 33.2. The Morgan fingerprint density at radius 1 is 0.880 bits per heavy atom. The smallest absolute Gasteiger partial charge is 0.391 e. The number of fused-ring (bicyclic) bond motifs is 1. The number of allylic oxidation sites excluding steroid dienone is 5. The Hall–Kier alpha value is 1.56. The lowest BCUT2D eigenvalue weighted by Crippen LogP contribution is -2.52. The zero-order valence-electron chi connectivity index (χ0n) is 16.9. The SMILES string of the molecule is CC(C)(C)[P+]1(C(C)(C)C)C([Si](C)(C)C)=C2C=CC=CC21.[Cl][Al-]([Cl])([Cl])[Cl]. The van der Waals surface area contributed by atoms with Gasteiger partial charge in [-0.25, -0.2) is 0 Å². The zero-order chi connectivity index (χ0) is 20.1. The maximum absolute atomic E-state index is 4.99. The predicted molar refractivity (Wildman–Crippen MR) is 128 cm³/mol. The van der Waals surface area contributed by atoms with Crippen molar-refractivity contribution >= 4 is 64.9 Å². The Bertz CT molecular complexity index is 579. The Morgan fingerprint density at radius 3 is 1.60 bits per heavy atom. The average molecular weight is 476 g/mol. The van der Waals surface area contributed by atoms with E-state index in [0.717, 1.165) is 0 Å². The van der Waals surface area contributed by atoms with E-state index in [-0.39, 0.29) is 0 Å². The molecule has 144 valence electrons. The maximum Gasteiger partial charge on any atom is 0.564 e. The van der Waals surface area contributed by atoms with E-state index in [4.69, 9.17) is 40.2 Å². The molecule has 0 spiro atoms. The van der Waals surface area contributed by atoms with Gasteiger partial charge in [-0.2, -0.15) is 0 Å². The number of halogens is 4. The molecule has 2 rings (SSSR count). The summed E-state index contributed by atoms with van der Waals surface area (Å²) in [6, 6.07) is 0. The Kier molecular flexibility index (Phi) is 7.64. The van der Waals surface area contributed by atoms with Gasteiger partial charge in [-0.1, -0.05) is 37.9 Å². The van der Waals surface area contributed by atoms with Crippen LogP contribution in [0.25, 0.3) is 0 Å². The van der Waals surface area contributed by atoms with Gasteiger partial charge in [-0.3, -0.25) is 0 Å². The van der Waals surface area contributed by atoms with Crippen LogP contribution < -0.4 is 0 Å². The van der Waals surface area contributed by atoms with Gasteiger partial charge >= 0.3 is 9.39 Å². The standard InChI is InChI=1S/C18H32PSi.Al.4ClH/c1-17(2,3)19(18(4,5)6)15-13-11-10-12-14(15)16(19)20(7,8)9;;;;;/h10-13,15H,1-9H3;;4*1H/q+1;+3;;;;/p-4. The van der Waals surface area contributed by atoms with E-state index in [1.54, 1.807) is 5.57 Å². The van der Waals surface area contributed by atoms with Crippen molar-refractivity contribution in [3.63, 3.8) is 0 Å². The molecule has 0 saturated carbocycles. The van der Waals surface area contributed by atoms with Gasteiger partial charge in [0.15, 0.2) is 0 Å². The Labute approximate surface area is 175 Å². The van der Waals surface area contributed by atoms with Crippen molar-refractivity contribution < 1.29 is 0 Å². The second kappa shape index (κ2) is 7.76. The third-order valence-corrected chi connectivity index (χ3v) is 16.1. The van der Waals surface area contributed by atoms with Crippen LogP contribution in [0.15, 0.2) is 34.8 Å². The number of rotatable bonds is 1. The van der Waals surface area contributed by atoms with E-state index < -0.39 is 24.7 Å². The largest absolute Gasteiger partial charge is 0.564 e. The minimum atomic E-state index is -2.94. The monoisotopic (exact) mass is 474 g/mol. The predicted octanol–water partition coefficient (Wildman–Crippen LogP) is 8.62. The van der Waals surface area contributed by atoms with Crippen LogP contribution in [-0.2, 0) is 0 Å². The number of hydrogen-bond acceptors (Lipinski definition) is 0. The quantitative estimate of drug-likeness (QED) is 0.263. The van der Waals surface area contributed by atoms with E-state index >= 15 is 0 Å². The normalized spacial score (nSPS) is 22.8. The summed E-state index contributed by atoms with van der Waals surface area (Å²) in [6.45, 7) is 22.6. The van der Waals surface area contributed by atoms with Gasteiger partial charge in [-0.05, 0) is 47.6 Å². The van der Waals surface area contributed by atoms with Gasteiger partial charge in [0.1, 0.15) is 13.7 Å². The molecular formula is C18H32AlCl4PSi. The topological polar surface area (TPSA) is 0 Å². The van der Waals surface area contributed by atoms with Crippen molar-refractivity contribution in [3.8, 4) is 0 Å². The van der Waals surface area contributed by atoms with Crippen molar-refractivity contribution in [3.05, 3.63) is 34.8 Å². The molecule has 7 heteroatoms. The molecule has 1 heterocycles. The minimum absolute atomic E-state index is 0.393. The molecule has 0 saturated heterocycles. The fourth-order valence-corrected chi connectivity index (χ4v) is 19.4. The molecule has 0 fully saturated rings. The molecule has 0 amide bonds. The third kappa shape index (κ3) is 5.14. The van der Waals surface area contributed by atoms with Crippen LogP contribution in [0.1, 0.15) is 41.5 Å². The first-order valence-electron chi connectivity index (χ1n) is 8.71. The van der Waals surface area contributed by atoms with Crippen molar-refractivity contribution in [1.29, 1.82) is 0 Å². The summed E-state index contributed by atoms with van der Waals surface area (Å²) in [5.74, 6) is 0. The van der Waals surface area contributed by atoms with E-state index in [2.05, 4.69) is 85.5 Å². The highest BCUT2D eigenvalue weighted by Gasteiger charge is 2.73. The molecule has 25 heavy (non-hydrogen) atoms. The summed E-state index contributed by atoms with van der Waals surface area (Å²) >= 11 is 0. The van der Waals surface area contributed by atoms with Crippen LogP contribution in [0.5, 0.6) is 0 Å². The first-order chi connectivity index (χ1) is 10.8. The van der Waals surface area contributed by atoms with Gasteiger partial charge in [0.25, 0.3) is 0 Å². The van der Waals surface area contributed by atoms with Crippen LogP contribution in [0, 0.1) is 0 Å². The maximum atomic E-state index is 4.99. The number of hydrogen-bond donors (Lipinski definition) is 0. The molecule has 1 aliphatic heterocycles. The van der Waals surface area contributed by atoms with Gasteiger partial charge < -0.3 is 40.2 Å². The Balaban J connectivity index is 0.000000550. The van der Waals surface area contributed by atoms with Crippen LogP contribution in [0.4, 0.5) is 0 Å². The van der Waals surface area contributed by atoms with E-state index in [1.807, 2.05) is 4.94 Å². The lowest BCUT2D eigenvalue weighted by molar-refractivity contribution is 0.675. The fourth-order valence-electron chi connectivity index (χ4n) is 4.84. The summed E-state index contributed by atoms with van der Waals surface area (Å²) in [7, 11) is 14.5. The molecule has 1 atom stereocenters. The van der Waals surface area contributed by atoms with Crippen LogP contribution in [-0.4, -0.2) is 33.4 Å². The first-order valence-corrected chi connectivity index (χ1v) is 21.1. The lowest BCUT2D eigenvalue weighted by Gasteiger charge is -2.60. The zero-order valence-corrected chi connectivity index (χ0v) is 23.0. The van der Waals surface area contributed by atoms with Crippen molar-refractivity contribution in [1.82, 2.24) is 0 Å². The highest BCUT2D eigenvalue weighted by Crippen LogP contribution is 2.92. The average Bonchev–Trinajstić information content (AvgIpc) is 2.22. The lowest BCUT2D eigenvalue weighted by atomic mass is 10.1. The highest BCUT2D eigenvalue weighted by atomic mass is 35.9. The molecule has 0 nitrogen and oxygen atoms in total. The molecule has 0 aromatic rings. The van der Waals surface area contributed by atoms with Crippen LogP contribution in [0.3, 0.4) is 0 Å². The van der Waals surface area contributed by atoms with Gasteiger partial charge in [0.2, 0.25) is 0 Å². The molecule has 0 aromatic carbocycles. The van der Waals surface area contributed by atoms with Gasteiger partial charge in [0, 0.05) is 5.57 Å². The van der Waals surface area contributed by atoms with Crippen molar-refractivity contribution in [2.75, 3.05) is 0 Å². The Morgan fingerprint density at radius 2 is 1.28 bits per heavy atom. The van der Waals surface area contributed by atoms with Crippen LogP contribution in [0.2, 0.25) is 19.6 Å². The molecule has 1 unspecified atom stereocenters. The fraction of sp³-hybridized carbons (Fsp3) is 0.667.